The van der Waals surface area contributed by atoms with Crippen molar-refractivity contribution in [3.05, 3.63) is 90.5 Å². The van der Waals surface area contributed by atoms with Crippen LogP contribution < -0.4 is 10.6 Å². The van der Waals surface area contributed by atoms with E-state index in [-0.39, 0.29) is 25.4 Å². The van der Waals surface area contributed by atoms with Crippen LogP contribution in [0.3, 0.4) is 0 Å². The number of aromatic nitrogens is 2. The van der Waals surface area contributed by atoms with Gasteiger partial charge in [0.25, 0.3) is 0 Å². The number of H-pyrrole nitrogens is 1. The standard InChI is InChI=1S/C26H26N4O5/c1-2-7-22(24(31)29-23(25(32)33)12-16-13-27-15-28-16)30-26(34)35-14-21-19-10-5-3-8-17(19)18-9-4-6-11-20(18)21/h2-6,8-11,13,15,21-23H,1,7,12,14H2,(H,27,28)(H,29,31)(H,30,34)(H,32,33)/t22?,23-/m0/s1. The van der Waals surface area contributed by atoms with E-state index < -0.39 is 30.1 Å². The summed E-state index contributed by atoms with van der Waals surface area (Å²) in [5.74, 6) is -1.97. The third kappa shape index (κ3) is 5.40. The van der Waals surface area contributed by atoms with E-state index in [0.717, 1.165) is 22.3 Å². The van der Waals surface area contributed by atoms with Gasteiger partial charge in [-0.3, -0.25) is 4.79 Å². The van der Waals surface area contributed by atoms with Crippen molar-refractivity contribution in [2.24, 2.45) is 0 Å². The Hall–Kier alpha value is -4.40. The Morgan fingerprint density at radius 1 is 1.06 bits per heavy atom. The van der Waals surface area contributed by atoms with Crippen molar-refractivity contribution < 1.29 is 24.2 Å². The lowest BCUT2D eigenvalue weighted by Gasteiger charge is -2.21. The molecule has 35 heavy (non-hydrogen) atoms. The number of alkyl carbamates (subject to hydrolysis) is 1. The zero-order valence-electron chi connectivity index (χ0n) is 18.9. The molecule has 3 aromatic rings. The Morgan fingerprint density at radius 2 is 1.71 bits per heavy atom. The average Bonchev–Trinajstić information content (AvgIpc) is 3.48. The van der Waals surface area contributed by atoms with Gasteiger partial charge in [0.05, 0.1) is 6.33 Å². The summed E-state index contributed by atoms with van der Waals surface area (Å²) in [7, 11) is 0. The summed E-state index contributed by atoms with van der Waals surface area (Å²) < 4.78 is 5.51. The first-order valence-electron chi connectivity index (χ1n) is 11.2. The van der Waals surface area contributed by atoms with Crippen molar-refractivity contribution in [1.82, 2.24) is 20.6 Å². The zero-order chi connectivity index (χ0) is 24.8. The molecule has 180 valence electrons. The van der Waals surface area contributed by atoms with E-state index in [1.54, 1.807) is 0 Å². The molecule has 0 radical (unpaired) electrons. The number of aliphatic carboxylic acids is 1. The molecule has 0 bridgehead atoms. The summed E-state index contributed by atoms with van der Waals surface area (Å²) in [6, 6.07) is 13.7. The van der Waals surface area contributed by atoms with Gasteiger partial charge in [-0.1, -0.05) is 54.6 Å². The molecule has 1 aliphatic carbocycles. The van der Waals surface area contributed by atoms with Crippen LogP contribution in [-0.4, -0.2) is 51.7 Å². The normalized spacial score (nSPS) is 13.7. The number of rotatable bonds is 10. The lowest BCUT2D eigenvalue weighted by Crippen LogP contribution is -2.52. The van der Waals surface area contributed by atoms with Crippen LogP contribution in [0.4, 0.5) is 4.79 Å². The number of ether oxygens (including phenoxy) is 1. The summed E-state index contributed by atoms with van der Waals surface area (Å²) in [5, 5.41) is 14.5. The van der Waals surface area contributed by atoms with Crippen molar-refractivity contribution >= 4 is 18.0 Å². The first-order valence-corrected chi connectivity index (χ1v) is 11.2. The van der Waals surface area contributed by atoms with Crippen molar-refractivity contribution in [3.63, 3.8) is 0 Å². The second kappa shape index (κ2) is 10.7. The second-order valence-electron chi connectivity index (χ2n) is 8.23. The number of carbonyl (C=O) groups excluding carboxylic acids is 2. The minimum absolute atomic E-state index is 0.0207. The number of hydrogen-bond acceptors (Lipinski definition) is 5. The summed E-state index contributed by atoms with van der Waals surface area (Å²) in [5.41, 5.74) is 4.92. The third-order valence-electron chi connectivity index (χ3n) is 5.95. The summed E-state index contributed by atoms with van der Waals surface area (Å²) in [4.78, 5) is 43.7. The lowest BCUT2D eigenvalue weighted by atomic mass is 9.98. The molecule has 0 fully saturated rings. The topological polar surface area (TPSA) is 133 Å². The third-order valence-corrected chi connectivity index (χ3v) is 5.95. The van der Waals surface area contributed by atoms with E-state index in [9.17, 15) is 19.5 Å². The lowest BCUT2D eigenvalue weighted by molar-refractivity contribution is -0.142. The zero-order valence-corrected chi connectivity index (χ0v) is 18.9. The van der Waals surface area contributed by atoms with Crippen molar-refractivity contribution in [2.75, 3.05) is 6.61 Å². The van der Waals surface area contributed by atoms with Crippen LogP contribution in [0.15, 0.2) is 73.7 Å². The predicted molar refractivity (Wildman–Crippen MR) is 129 cm³/mol. The van der Waals surface area contributed by atoms with Crippen molar-refractivity contribution in [1.29, 1.82) is 0 Å². The maximum absolute atomic E-state index is 12.8. The minimum atomic E-state index is -1.20. The Morgan fingerprint density at radius 3 is 2.29 bits per heavy atom. The molecular formula is C26H26N4O5. The number of amides is 2. The van der Waals surface area contributed by atoms with Crippen LogP contribution in [0.25, 0.3) is 11.1 Å². The Kier molecular flexibility index (Phi) is 7.25. The number of benzene rings is 2. The number of carbonyl (C=O) groups is 3. The molecular weight excluding hydrogens is 448 g/mol. The van der Waals surface area contributed by atoms with E-state index in [2.05, 4.69) is 27.2 Å². The van der Waals surface area contributed by atoms with Crippen LogP contribution in [0.2, 0.25) is 0 Å². The van der Waals surface area contributed by atoms with E-state index in [1.165, 1.54) is 18.6 Å². The maximum atomic E-state index is 12.8. The number of aromatic amines is 1. The Balaban J connectivity index is 1.39. The van der Waals surface area contributed by atoms with E-state index in [1.807, 2.05) is 48.5 Å². The highest BCUT2D eigenvalue weighted by Crippen LogP contribution is 2.44. The van der Waals surface area contributed by atoms with Crippen molar-refractivity contribution in [2.45, 2.75) is 30.8 Å². The monoisotopic (exact) mass is 474 g/mol. The maximum Gasteiger partial charge on any atom is 0.407 e. The van der Waals surface area contributed by atoms with Crippen LogP contribution in [-0.2, 0) is 20.7 Å². The van der Waals surface area contributed by atoms with E-state index in [0.29, 0.717) is 5.69 Å². The fourth-order valence-electron chi connectivity index (χ4n) is 4.27. The molecule has 2 amide bonds. The van der Waals surface area contributed by atoms with E-state index >= 15 is 0 Å². The molecule has 4 rings (SSSR count). The highest BCUT2D eigenvalue weighted by molar-refractivity contribution is 5.89. The van der Waals surface area contributed by atoms with Gasteiger partial charge in [0.1, 0.15) is 18.7 Å². The Labute approximate surface area is 202 Å². The van der Waals surface area contributed by atoms with Crippen LogP contribution in [0.1, 0.15) is 29.2 Å². The van der Waals surface area contributed by atoms with E-state index in [4.69, 9.17) is 4.74 Å². The summed E-state index contributed by atoms with van der Waals surface area (Å²) >= 11 is 0. The molecule has 1 aliphatic rings. The SMILES string of the molecule is C=CCC(NC(=O)OCC1c2ccccc2-c2ccccc21)C(=O)N[C@@H](Cc1cnc[nH]1)C(=O)O. The molecule has 2 aromatic carbocycles. The largest absolute Gasteiger partial charge is 0.480 e. The summed E-state index contributed by atoms with van der Waals surface area (Å²) in [6.45, 7) is 3.72. The van der Waals surface area contributed by atoms with Crippen LogP contribution in [0, 0.1) is 0 Å². The molecule has 0 aliphatic heterocycles. The Bertz CT molecular complexity index is 1180. The highest BCUT2D eigenvalue weighted by Gasteiger charge is 2.30. The highest BCUT2D eigenvalue weighted by atomic mass is 16.5. The minimum Gasteiger partial charge on any atom is -0.480 e. The number of imidazole rings is 1. The van der Waals surface area contributed by atoms with Crippen molar-refractivity contribution in [3.8, 4) is 11.1 Å². The van der Waals surface area contributed by atoms with Gasteiger partial charge in [0.15, 0.2) is 0 Å². The van der Waals surface area contributed by atoms with Crippen LogP contribution >= 0.6 is 0 Å². The predicted octanol–water partition coefficient (Wildman–Crippen LogP) is 3.00. The number of hydrogen-bond donors (Lipinski definition) is 4. The second-order valence-corrected chi connectivity index (χ2v) is 8.23. The number of nitrogens with one attached hydrogen (secondary N) is 3. The van der Waals surface area contributed by atoms with Gasteiger partial charge in [-0.15, -0.1) is 6.58 Å². The molecule has 0 spiro atoms. The van der Waals surface area contributed by atoms with Gasteiger partial charge in [-0.25, -0.2) is 14.6 Å². The quantitative estimate of drug-likeness (QED) is 0.334. The van der Waals surface area contributed by atoms with Gasteiger partial charge in [0, 0.05) is 24.2 Å². The fourth-order valence-corrected chi connectivity index (χ4v) is 4.27. The molecule has 0 saturated heterocycles. The number of fused-ring (bicyclic) bond motifs is 3. The van der Waals surface area contributed by atoms with Gasteiger partial charge < -0.3 is 25.5 Å². The van der Waals surface area contributed by atoms with Gasteiger partial charge >= 0.3 is 12.1 Å². The molecule has 9 heteroatoms. The number of carboxylic acid groups (broad SMARTS) is 1. The van der Waals surface area contributed by atoms with Gasteiger partial charge in [-0.05, 0) is 28.7 Å². The van der Waals surface area contributed by atoms with Gasteiger partial charge in [-0.2, -0.15) is 0 Å². The fraction of sp³-hybridized carbons (Fsp3) is 0.231. The first-order chi connectivity index (χ1) is 17.0. The average molecular weight is 475 g/mol. The smallest absolute Gasteiger partial charge is 0.407 e. The van der Waals surface area contributed by atoms with Crippen LogP contribution in [0.5, 0.6) is 0 Å². The molecule has 1 unspecified atom stereocenters. The first kappa shape index (κ1) is 23.7. The number of nitrogens with zero attached hydrogens (tertiary/aromatic N) is 1. The van der Waals surface area contributed by atoms with Gasteiger partial charge in [0.2, 0.25) is 5.91 Å². The summed E-state index contributed by atoms with van der Waals surface area (Å²) in [6.07, 6.45) is 3.74. The molecule has 1 aromatic heterocycles. The molecule has 0 saturated carbocycles. The molecule has 2 atom stereocenters. The number of carboxylic acids is 1. The molecule has 1 heterocycles. The molecule has 9 nitrogen and oxygen atoms in total. The molecule has 4 N–H and O–H groups in total.